The van der Waals surface area contributed by atoms with Crippen molar-refractivity contribution in [3.8, 4) is 11.5 Å². The Morgan fingerprint density at radius 2 is 1.96 bits per heavy atom. The van der Waals surface area contributed by atoms with Crippen molar-refractivity contribution in [3.63, 3.8) is 0 Å². The third-order valence-electron chi connectivity index (χ3n) is 4.29. The van der Waals surface area contributed by atoms with Crippen LogP contribution < -0.4 is 4.74 Å². The van der Waals surface area contributed by atoms with E-state index in [9.17, 15) is 9.90 Å². The van der Waals surface area contributed by atoms with Gasteiger partial charge in [-0.2, -0.15) is 0 Å². The third kappa shape index (κ3) is 2.75. The minimum Gasteiger partial charge on any atom is -0.507 e. The highest BCUT2D eigenvalue weighted by atomic mass is 35.5. The molecule has 23 heavy (non-hydrogen) atoms. The Morgan fingerprint density at radius 3 is 2.61 bits per heavy atom. The zero-order valence-corrected chi connectivity index (χ0v) is 14.2. The van der Waals surface area contributed by atoms with Gasteiger partial charge in [0, 0.05) is 47.2 Å². The molecule has 0 aliphatic carbocycles. The highest BCUT2D eigenvalue weighted by molar-refractivity contribution is 6.18. The molecule has 2 aromatic carbocycles. The summed E-state index contributed by atoms with van der Waals surface area (Å²) in [7, 11) is 0. The molecule has 0 bridgehead atoms. The van der Waals surface area contributed by atoms with Gasteiger partial charge >= 0.3 is 5.97 Å². The summed E-state index contributed by atoms with van der Waals surface area (Å²) in [4.78, 5) is 14.0. The predicted molar refractivity (Wildman–Crippen MR) is 92.0 cm³/mol. The summed E-state index contributed by atoms with van der Waals surface area (Å²) in [6.45, 7) is 3.29. The number of halogens is 2. The Hall–Kier alpha value is -1.49. The van der Waals surface area contributed by atoms with E-state index in [1.54, 1.807) is 24.3 Å². The number of aromatic hydroxyl groups is 1. The topological polar surface area (TPSA) is 49.8 Å². The van der Waals surface area contributed by atoms with E-state index in [1.807, 2.05) is 6.92 Å². The van der Waals surface area contributed by atoms with E-state index in [4.69, 9.17) is 27.9 Å². The number of nitrogens with zero attached hydrogens (tertiary/aromatic N) is 1. The van der Waals surface area contributed by atoms with Gasteiger partial charge in [0.15, 0.2) is 0 Å². The molecular formula is C17H17Cl2NO3. The predicted octanol–water partition coefficient (Wildman–Crippen LogP) is 3.92. The molecule has 0 fully saturated rings. The van der Waals surface area contributed by atoms with Crippen molar-refractivity contribution >= 4 is 39.9 Å². The lowest BCUT2D eigenvalue weighted by atomic mass is 9.97. The lowest BCUT2D eigenvalue weighted by Gasteiger charge is -2.29. The van der Waals surface area contributed by atoms with Crippen LogP contribution in [0.15, 0.2) is 24.3 Å². The van der Waals surface area contributed by atoms with E-state index >= 15 is 0 Å². The Morgan fingerprint density at radius 1 is 1.26 bits per heavy atom. The highest BCUT2D eigenvalue weighted by Gasteiger charge is 2.29. The van der Waals surface area contributed by atoms with Crippen molar-refractivity contribution in [2.75, 3.05) is 24.8 Å². The molecule has 1 unspecified atom stereocenters. The Bertz CT molecular complexity index is 757. The van der Waals surface area contributed by atoms with Crippen LogP contribution >= 0.6 is 23.2 Å². The van der Waals surface area contributed by atoms with Crippen molar-refractivity contribution in [3.05, 3.63) is 35.4 Å². The maximum atomic E-state index is 11.9. The smallest absolute Gasteiger partial charge is 0.344 e. The molecule has 0 saturated carbocycles. The van der Waals surface area contributed by atoms with Gasteiger partial charge in [0.1, 0.15) is 11.5 Å². The number of rotatable bonds is 6. The van der Waals surface area contributed by atoms with Crippen molar-refractivity contribution in [1.82, 2.24) is 4.90 Å². The monoisotopic (exact) mass is 353 g/mol. The van der Waals surface area contributed by atoms with Crippen molar-refractivity contribution < 1.29 is 14.6 Å². The molecule has 3 rings (SSSR count). The number of benzene rings is 2. The first kappa shape index (κ1) is 16.4. The minimum atomic E-state index is -0.381. The Labute approximate surface area is 144 Å². The first-order valence-electron chi connectivity index (χ1n) is 7.45. The molecule has 1 atom stereocenters. The molecule has 0 radical (unpaired) electrons. The molecule has 0 amide bonds. The second kappa shape index (κ2) is 6.56. The molecule has 0 spiro atoms. The van der Waals surface area contributed by atoms with Gasteiger partial charge in [-0.3, -0.25) is 4.90 Å². The van der Waals surface area contributed by atoms with E-state index in [-0.39, 0.29) is 17.8 Å². The zero-order chi connectivity index (χ0) is 16.6. The third-order valence-corrected chi connectivity index (χ3v) is 4.63. The molecule has 1 heterocycles. The maximum Gasteiger partial charge on any atom is 0.344 e. The zero-order valence-electron chi connectivity index (χ0n) is 12.7. The average molecular weight is 354 g/mol. The van der Waals surface area contributed by atoms with Gasteiger partial charge in [0.2, 0.25) is 0 Å². The summed E-state index contributed by atoms with van der Waals surface area (Å²) in [5.74, 6) is 1.24. The van der Waals surface area contributed by atoms with Gasteiger partial charge < -0.3 is 9.84 Å². The van der Waals surface area contributed by atoms with Gasteiger partial charge in [0.25, 0.3) is 0 Å². The SMILES string of the molecule is CC(c1cc2c3c(cccc3c1O)C(=O)O2)N(CCCl)CCCl. The van der Waals surface area contributed by atoms with Gasteiger partial charge in [-0.15, -0.1) is 23.2 Å². The second-order valence-electron chi connectivity index (χ2n) is 5.52. The number of carbonyl (C=O) groups excluding carboxylic acids is 1. The minimum absolute atomic E-state index is 0.101. The second-order valence-corrected chi connectivity index (χ2v) is 6.28. The van der Waals surface area contributed by atoms with Crippen LogP contribution in [0.2, 0.25) is 0 Å². The standard InChI is InChI=1S/C17H17Cl2NO3/c1-10(20(7-5-18)8-6-19)13-9-14-15-11(16(13)21)3-2-4-12(15)17(22)23-14/h2-4,9-10,21H,5-8H2,1H3. The molecule has 0 aromatic heterocycles. The van der Waals surface area contributed by atoms with E-state index in [2.05, 4.69) is 4.90 Å². The molecule has 6 heteroatoms. The number of phenolic OH excluding ortho intramolecular Hbond substituents is 1. The van der Waals surface area contributed by atoms with Crippen LogP contribution in [0.25, 0.3) is 10.8 Å². The fourth-order valence-electron chi connectivity index (χ4n) is 3.09. The first-order chi connectivity index (χ1) is 11.1. The van der Waals surface area contributed by atoms with Crippen LogP contribution in [0.5, 0.6) is 11.5 Å². The van der Waals surface area contributed by atoms with Crippen LogP contribution in [-0.4, -0.2) is 40.8 Å². The number of alkyl halides is 2. The van der Waals surface area contributed by atoms with E-state index < -0.39 is 0 Å². The van der Waals surface area contributed by atoms with E-state index in [0.717, 1.165) is 0 Å². The maximum absolute atomic E-state index is 11.9. The van der Waals surface area contributed by atoms with Crippen LogP contribution in [0.3, 0.4) is 0 Å². The average Bonchev–Trinajstić information content (AvgIpc) is 2.87. The van der Waals surface area contributed by atoms with E-state index in [1.165, 1.54) is 0 Å². The normalized spacial score (nSPS) is 14.5. The van der Waals surface area contributed by atoms with Crippen LogP contribution in [0.1, 0.15) is 28.9 Å². The molecule has 1 N–H and O–H groups in total. The molecule has 122 valence electrons. The lowest BCUT2D eigenvalue weighted by Crippen LogP contribution is -2.31. The summed E-state index contributed by atoms with van der Waals surface area (Å²) in [6, 6.07) is 6.89. The molecule has 4 nitrogen and oxygen atoms in total. The van der Waals surface area contributed by atoms with Crippen LogP contribution in [0.4, 0.5) is 0 Å². The lowest BCUT2D eigenvalue weighted by molar-refractivity contribution is 0.0754. The fourth-order valence-corrected chi connectivity index (χ4v) is 3.52. The van der Waals surface area contributed by atoms with Gasteiger partial charge in [-0.1, -0.05) is 12.1 Å². The summed E-state index contributed by atoms with van der Waals surface area (Å²) in [5.41, 5.74) is 1.19. The van der Waals surface area contributed by atoms with Crippen LogP contribution in [-0.2, 0) is 0 Å². The fraction of sp³-hybridized carbons (Fsp3) is 0.353. The number of carbonyl (C=O) groups is 1. The summed E-state index contributed by atoms with van der Waals surface area (Å²) < 4.78 is 5.35. The highest BCUT2D eigenvalue weighted by Crippen LogP contribution is 2.44. The molecule has 2 aromatic rings. The van der Waals surface area contributed by atoms with Crippen LogP contribution in [0, 0.1) is 0 Å². The van der Waals surface area contributed by atoms with E-state index in [0.29, 0.717) is 52.5 Å². The number of esters is 1. The van der Waals surface area contributed by atoms with Crippen molar-refractivity contribution in [2.24, 2.45) is 0 Å². The number of hydrogen-bond donors (Lipinski definition) is 1. The summed E-state index contributed by atoms with van der Waals surface area (Å²) >= 11 is 11.7. The summed E-state index contributed by atoms with van der Waals surface area (Å²) in [6.07, 6.45) is 0. The number of phenols is 1. The first-order valence-corrected chi connectivity index (χ1v) is 8.52. The Kier molecular flexibility index (Phi) is 4.67. The van der Waals surface area contributed by atoms with Gasteiger partial charge in [-0.05, 0) is 19.1 Å². The molecule has 1 aliphatic rings. The quantitative estimate of drug-likeness (QED) is 0.485. The molecule has 1 aliphatic heterocycles. The Balaban J connectivity index is 2.11. The summed E-state index contributed by atoms with van der Waals surface area (Å²) in [5, 5.41) is 12.0. The number of ether oxygens (including phenoxy) is 1. The number of hydrogen-bond acceptors (Lipinski definition) is 4. The largest absolute Gasteiger partial charge is 0.507 e. The molecule has 0 saturated heterocycles. The van der Waals surface area contributed by atoms with Gasteiger partial charge in [0.05, 0.1) is 5.56 Å². The molecular weight excluding hydrogens is 337 g/mol. The van der Waals surface area contributed by atoms with Crippen molar-refractivity contribution in [2.45, 2.75) is 13.0 Å². The van der Waals surface area contributed by atoms with Gasteiger partial charge in [-0.25, -0.2) is 4.79 Å². The van der Waals surface area contributed by atoms with Crippen molar-refractivity contribution in [1.29, 1.82) is 0 Å².